The number of anilines is 3. The molecule has 2 saturated heterocycles. The van der Waals surface area contributed by atoms with Crippen LogP contribution in [0.1, 0.15) is 23.9 Å². The van der Waals surface area contributed by atoms with Gasteiger partial charge in [-0.15, -0.1) is 0 Å². The number of nitrogens with zero attached hydrogens (tertiary/aromatic N) is 9. The average molecular weight is 652 g/mol. The van der Waals surface area contributed by atoms with Crippen LogP contribution in [-0.2, 0) is 6.42 Å². The van der Waals surface area contributed by atoms with Crippen LogP contribution in [0.15, 0.2) is 60.9 Å². The largest absolute Gasteiger partial charge is 0.391 e. The summed E-state index contributed by atoms with van der Waals surface area (Å²) in [7, 11) is 1.92. The summed E-state index contributed by atoms with van der Waals surface area (Å²) in [5.74, 6) is 1.38. The highest BCUT2D eigenvalue weighted by atomic mass is 32.1. The van der Waals surface area contributed by atoms with Crippen LogP contribution in [-0.4, -0.2) is 92.7 Å². The molecule has 1 unspecified atom stereocenters. The monoisotopic (exact) mass is 651 g/mol. The molecule has 0 radical (unpaired) electrons. The van der Waals surface area contributed by atoms with Crippen LogP contribution in [0.3, 0.4) is 0 Å². The number of thiazole rings is 1. The molecule has 0 aliphatic carbocycles. The van der Waals surface area contributed by atoms with Gasteiger partial charge in [-0.25, -0.2) is 24.1 Å². The Hall–Kier alpha value is -5.06. The summed E-state index contributed by atoms with van der Waals surface area (Å²) in [4.78, 5) is 35.5. The smallest absolute Gasteiger partial charge is 0.320 e. The van der Waals surface area contributed by atoms with Crippen LogP contribution >= 0.6 is 11.3 Å². The normalized spacial score (nSPS) is 16.6. The van der Waals surface area contributed by atoms with Gasteiger partial charge in [0, 0.05) is 75.4 Å². The lowest BCUT2D eigenvalue weighted by atomic mass is 10.1. The number of pyridine rings is 2. The fourth-order valence-electron chi connectivity index (χ4n) is 6.25. The zero-order valence-corrected chi connectivity index (χ0v) is 27.0. The maximum Gasteiger partial charge on any atom is 0.320 e. The molecule has 2 amide bonds. The summed E-state index contributed by atoms with van der Waals surface area (Å²) in [5, 5.41) is 20.3. The summed E-state index contributed by atoms with van der Waals surface area (Å²) in [6, 6.07) is 16.4. The first-order chi connectivity index (χ1) is 22.8. The van der Waals surface area contributed by atoms with Gasteiger partial charge < -0.3 is 24.7 Å². The highest BCUT2D eigenvalue weighted by Crippen LogP contribution is 2.37. The molecule has 240 valence electrons. The number of aryl methyl sites for hydroxylation is 1. The molecular formula is C34H34FN9O2S. The van der Waals surface area contributed by atoms with Crippen molar-refractivity contribution in [2.45, 2.75) is 25.9 Å². The van der Waals surface area contributed by atoms with Crippen LogP contribution < -0.4 is 9.80 Å². The van der Waals surface area contributed by atoms with E-state index in [1.54, 1.807) is 17.0 Å². The minimum atomic E-state index is -0.420. The Morgan fingerprint density at radius 3 is 2.43 bits per heavy atom. The fraction of sp³-hybridized carbons (Fsp3) is 0.324. The van der Waals surface area contributed by atoms with Crippen LogP contribution in [0.2, 0.25) is 0 Å². The molecule has 7 rings (SSSR count). The van der Waals surface area contributed by atoms with Crippen molar-refractivity contribution in [3.63, 3.8) is 0 Å². The molecule has 11 nitrogen and oxygen atoms in total. The quantitative estimate of drug-likeness (QED) is 0.267. The van der Waals surface area contributed by atoms with Crippen molar-refractivity contribution in [2.75, 3.05) is 56.1 Å². The first kappa shape index (κ1) is 30.6. The number of imidazole rings is 1. The van der Waals surface area contributed by atoms with Crippen molar-refractivity contribution < 1.29 is 14.3 Å². The number of rotatable bonds is 6. The van der Waals surface area contributed by atoms with Gasteiger partial charge in [0.25, 0.3) is 0 Å². The first-order valence-electron chi connectivity index (χ1n) is 15.7. The molecule has 1 aromatic carbocycles. The lowest BCUT2D eigenvalue weighted by molar-refractivity contribution is 0.144. The Morgan fingerprint density at radius 1 is 1.02 bits per heavy atom. The molecule has 0 saturated carbocycles. The van der Waals surface area contributed by atoms with E-state index in [9.17, 15) is 19.6 Å². The van der Waals surface area contributed by atoms with Crippen molar-refractivity contribution in [3.8, 4) is 28.5 Å². The molecule has 0 spiro atoms. The Morgan fingerprint density at radius 2 is 1.77 bits per heavy atom. The molecule has 6 heterocycles. The molecule has 1 atom stereocenters. The molecule has 4 aromatic heterocycles. The number of likely N-dealkylation sites (tertiary alicyclic amines) is 1. The lowest BCUT2D eigenvalue weighted by Crippen LogP contribution is -2.52. The number of hydrogen-bond donors (Lipinski definition) is 1. The summed E-state index contributed by atoms with van der Waals surface area (Å²) in [5.41, 5.74) is 4.83. The van der Waals surface area contributed by atoms with Crippen molar-refractivity contribution in [2.24, 2.45) is 0 Å². The first-order valence-corrected chi connectivity index (χ1v) is 16.5. The number of β-amino-alcohol motifs (C(OH)–C–C–N with tert-alkyl or cyclic N) is 1. The topological polar surface area (TPSA) is 117 Å². The molecule has 2 aliphatic rings. The van der Waals surface area contributed by atoms with E-state index in [4.69, 9.17) is 15.0 Å². The number of aliphatic hydroxyl groups is 1. The summed E-state index contributed by atoms with van der Waals surface area (Å²) in [6.07, 6.45) is 4.84. The summed E-state index contributed by atoms with van der Waals surface area (Å²) < 4.78 is 15.6. The van der Waals surface area contributed by atoms with Crippen LogP contribution in [0, 0.1) is 17.1 Å². The predicted molar refractivity (Wildman–Crippen MR) is 179 cm³/mol. The second kappa shape index (κ2) is 12.6. The van der Waals surface area contributed by atoms with Crippen molar-refractivity contribution in [1.29, 1.82) is 5.26 Å². The molecule has 2 fully saturated rings. The van der Waals surface area contributed by atoms with E-state index >= 15 is 0 Å². The number of halogens is 1. The number of benzene rings is 1. The van der Waals surface area contributed by atoms with Gasteiger partial charge in [0.1, 0.15) is 39.7 Å². The van der Waals surface area contributed by atoms with Crippen molar-refractivity contribution in [3.05, 3.63) is 77.3 Å². The maximum absolute atomic E-state index is 13.6. The third kappa shape index (κ3) is 5.86. The molecule has 47 heavy (non-hydrogen) atoms. The highest BCUT2D eigenvalue weighted by molar-refractivity contribution is 7.16. The van der Waals surface area contributed by atoms with Gasteiger partial charge in [-0.05, 0) is 61.4 Å². The predicted octanol–water partition coefficient (Wildman–Crippen LogP) is 5.17. The number of aliphatic hydroxyl groups excluding tert-OH is 1. The number of aromatic nitrogens is 4. The van der Waals surface area contributed by atoms with Gasteiger partial charge in [0.2, 0.25) is 0 Å². The number of carbonyl (C=O) groups excluding carboxylic acids is 1. The number of amides is 2. The third-order valence-corrected chi connectivity index (χ3v) is 9.86. The van der Waals surface area contributed by atoms with Crippen LogP contribution in [0.5, 0.6) is 0 Å². The van der Waals surface area contributed by atoms with Crippen molar-refractivity contribution in [1.82, 2.24) is 29.2 Å². The Kier molecular flexibility index (Phi) is 8.21. The van der Waals surface area contributed by atoms with Crippen LogP contribution in [0.4, 0.5) is 26.0 Å². The fourth-order valence-corrected chi connectivity index (χ4v) is 7.10. The number of piperazine rings is 1. The van der Waals surface area contributed by atoms with Gasteiger partial charge in [-0.3, -0.25) is 4.40 Å². The van der Waals surface area contributed by atoms with E-state index in [1.807, 2.05) is 51.8 Å². The number of nitriles is 1. The molecule has 1 N–H and O–H groups in total. The Bertz CT molecular complexity index is 1960. The lowest BCUT2D eigenvalue weighted by Gasteiger charge is -2.37. The number of carbonyl (C=O) groups is 1. The summed E-state index contributed by atoms with van der Waals surface area (Å²) in [6.45, 7) is 5.69. The standard InChI is InChI=1S/C34H34FN9O2S/c1-3-27-32(40(2)33-39-31(28(18-36)47-33)22-4-8-25(35)9-5-22)44-20-24(7-11-30(44)38-27)23-6-10-29(37-19-23)41-14-16-42(17-15-41)34(46)43-13-12-26(45)21-43/h4-11,19-20,26,45H,3,12-17,21H2,1-2H3. The Balaban J connectivity index is 1.11. The third-order valence-electron chi connectivity index (χ3n) is 8.83. The molecular weight excluding hydrogens is 618 g/mol. The minimum absolute atomic E-state index is 0.00401. The van der Waals surface area contributed by atoms with E-state index in [0.717, 1.165) is 34.1 Å². The number of hydrogen-bond acceptors (Lipinski definition) is 9. The van der Waals surface area contributed by atoms with E-state index in [-0.39, 0.29) is 11.8 Å². The van der Waals surface area contributed by atoms with Gasteiger partial charge in [-0.2, -0.15) is 5.26 Å². The second-order valence-corrected chi connectivity index (χ2v) is 12.8. The molecule has 0 bridgehead atoms. The minimum Gasteiger partial charge on any atom is -0.391 e. The van der Waals surface area contributed by atoms with E-state index in [2.05, 4.69) is 24.0 Å². The van der Waals surface area contributed by atoms with E-state index in [1.165, 1.54) is 23.5 Å². The van der Waals surface area contributed by atoms with Crippen molar-refractivity contribution >= 4 is 39.8 Å². The molecule has 5 aromatic rings. The molecule has 13 heteroatoms. The SMILES string of the molecule is CCc1nc2ccc(-c3ccc(N4CCN(C(=O)N5CCC(O)C5)CC4)nc3)cn2c1N(C)c1nc(-c2ccc(F)cc2)c(C#N)s1. The number of fused-ring (bicyclic) bond motifs is 1. The number of urea groups is 1. The molecule has 2 aliphatic heterocycles. The van der Waals surface area contributed by atoms with Gasteiger partial charge >= 0.3 is 6.03 Å². The summed E-state index contributed by atoms with van der Waals surface area (Å²) >= 11 is 1.29. The zero-order chi connectivity index (χ0) is 32.7. The van der Waals surface area contributed by atoms with Gasteiger partial charge in [-0.1, -0.05) is 18.3 Å². The van der Waals surface area contributed by atoms with E-state index < -0.39 is 6.10 Å². The maximum atomic E-state index is 13.6. The average Bonchev–Trinajstić information content (AvgIpc) is 3.84. The Labute approximate surface area is 275 Å². The second-order valence-electron chi connectivity index (χ2n) is 11.8. The van der Waals surface area contributed by atoms with Crippen LogP contribution in [0.25, 0.3) is 28.0 Å². The van der Waals surface area contributed by atoms with E-state index in [0.29, 0.717) is 73.4 Å². The van der Waals surface area contributed by atoms with Gasteiger partial charge in [0.15, 0.2) is 5.13 Å². The highest BCUT2D eigenvalue weighted by Gasteiger charge is 2.30. The zero-order valence-electron chi connectivity index (χ0n) is 26.2. The van der Waals surface area contributed by atoms with Gasteiger partial charge in [0.05, 0.1) is 11.8 Å².